The second kappa shape index (κ2) is 8.03. The summed E-state index contributed by atoms with van der Waals surface area (Å²) in [6, 6.07) is 14.6. The van der Waals surface area contributed by atoms with Gasteiger partial charge in [-0.2, -0.15) is 0 Å². The van der Waals surface area contributed by atoms with Crippen LogP contribution in [0.1, 0.15) is 88.0 Å². The Morgan fingerprint density at radius 1 is 0.875 bits per heavy atom. The lowest BCUT2D eigenvalue weighted by Crippen LogP contribution is -2.54. The van der Waals surface area contributed by atoms with Crippen LogP contribution in [-0.2, 0) is 28.2 Å². The number of nitrogens with zero attached hydrogens (tertiary/aromatic N) is 1. The van der Waals surface area contributed by atoms with Crippen molar-refractivity contribution >= 4 is 22.3 Å². The Bertz CT molecular complexity index is 1690. The fourth-order valence-electron chi connectivity index (χ4n) is 9.98. The van der Waals surface area contributed by atoms with Gasteiger partial charge in [-0.15, -0.1) is 0 Å². The number of hydrogen-bond donors (Lipinski definition) is 1. The summed E-state index contributed by atoms with van der Waals surface area (Å²) in [7, 11) is 0. The Hall–Kier alpha value is -3.05. The van der Waals surface area contributed by atoms with Gasteiger partial charge in [0.2, 0.25) is 0 Å². The van der Waals surface area contributed by atoms with E-state index < -0.39 is 11.1 Å². The predicted molar refractivity (Wildman–Crippen MR) is 154 cm³/mol. The van der Waals surface area contributed by atoms with Gasteiger partial charge >= 0.3 is 0 Å². The summed E-state index contributed by atoms with van der Waals surface area (Å²) in [5.41, 5.74) is 2.52. The van der Waals surface area contributed by atoms with Crippen LogP contribution in [0.4, 0.5) is 0 Å². The average Bonchev–Trinajstić information content (AvgIpc) is 3.39. The molecule has 1 aromatic heterocycles. The maximum atomic E-state index is 14.4. The number of carbonyl (C=O) groups excluding carboxylic acids is 2. The van der Waals surface area contributed by atoms with Crippen molar-refractivity contribution in [2.75, 3.05) is 0 Å². The van der Waals surface area contributed by atoms with Crippen molar-refractivity contribution in [1.82, 2.24) is 4.57 Å². The van der Waals surface area contributed by atoms with Crippen molar-refractivity contribution in [2.45, 2.75) is 89.7 Å². The summed E-state index contributed by atoms with van der Waals surface area (Å²) in [6.45, 7) is 4.07. The fourth-order valence-corrected chi connectivity index (χ4v) is 9.98. The topological polar surface area (TPSA) is 76.4 Å². The van der Waals surface area contributed by atoms with E-state index in [1.165, 1.54) is 11.1 Å². The molecule has 4 aliphatic carbocycles. The van der Waals surface area contributed by atoms with Gasteiger partial charge in [-0.1, -0.05) is 37.3 Å². The molecule has 3 fully saturated rings. The van der Waals surface area contributed by atoms with E-state index in [0.717, 1.165) is 60.7 Å². The van der Waals surface area contributed by atoms with Crippen molar-refractivity contribution in [3.8, 4) is 11.1 Å². The number of aromatic nitrogens is 1. The molecule has 0 saturated heterocycles. The molecule has 5 aliphatic rings. The first-order valence-corrected chi connectivity index (χ1v) is 15.3. The first-order chi connectivity index (χ1) is 19.2. The van der Waals surface area contributed by atoms with Crippen molar-refractivity contribution in [1.29, 1.82) is 0 Å². The molecule has 0 amide bonds. The normalized spacial score (nSPS) is 36.1. The van der Waals surface area contributed by atoms with Crippen LogP contribution in [0.25, 0.3) is 21.9 Å². The van der Waals surface area contributed by atoms with Crippen LogP contribution >= 0.6 is 0 Å². The number of hydrogen-bond acceptors (Lipinski definition) is 4. The van der Waals surface area contributed by atoms with Crippen LogP contribution in [0.3, 0.4) is 0 Å². The molecule has 1 N–H and O–H groups in total. The standard InChI is InChI=1S/C35H37NO4/c1-33-16-14-22-23(27(33)12-13-29(33)37)11-10-21-17-26-25(18-24(21)22)31(20-7-4-3-5-8-20)28-19-34(2)30(38)9-6-15-35(34,40)36(28)32(26)39/h3-5,7-8,17-18,22-23,27,40H,6,9-16,19H2,1-2H3/t22-,23+,27-,33-,34?,35?/m0/s1. The molecule has 5 heteroatoms. The molecule has 2 aromatic carbocycles. The Balaban J connectivity index is 1.39. The van der Waals surface area contributed by atoms with Crippen LogP contribution < -0.4 is 5.56 Å². The molecule has 8 rings (SSSR count). The molecular weight excluding hydrogens is 498 g/mol. The van der Waals surface area contributed by atoms with Crippen molar-refractivity contribution < 1.29 is 14.7 Å². The zero-order chi connectivity index (χ0) is 27.6. The Morgan fingerprint density at radius 2 is 1.68 bits per heavy atom. The Labute approximate surface area is 234 Å². The monoisotopic (exact) mass is 535 g/mol. The molecule has 0 bridgehead atoms. The third-order valence-electron chi connectivity index (χ3n) is 12.2. The molecule has 206 valence electrons. The second-order valence-corrected chi connectivity index (χ2v) is 13.9. The van der Waals surface area contributed by atoms with Crippen molar-refractivity contribution in [2.24, 2.45) is 22.7 Å². The van der Waals surface area contributed by atoms with Gasteiger partial charge in [0, 0.05) is 41.3 Å². The fraction of sp³-hybridized carbons (Fsp3) is 0.514. The number of fused-ring (bicyclic) bond motifs is 9. The number of rotatable bonds is 1. The van der Waals surface area contributed by atoms with Crippen LogP contribution in [0.2, 0.25) is 0 Å². The minimum absolute atomic E-state index is 0.0471. The summed E-state index contributed by atoms with van der Waals surface area (Å²) < 4.78 is 1.61. The molecule has 1 aliphatic heterocycles. The van der Waals surface area contributed by atoms with Gasteiger partial charge in [0.15, 0.2) is 5.72 Å². The van der Waals surface area contributed by atoms with Gasteiger partial charge in [-0.25, -0.2) is 0 Å². The van der Waals surface area contributed by atoms with Crippen LogP contribution in [0.15, 0.2) is 47.3 Å². The quantitative estimate of drug-likeness (QED) is 0.411. The average molecular weight is 536 g/mol. The Kier molecular flexibility index (Phi) is 4.96. The molecule has 3 aromatic rings. The summed E-state index contributed by atoms with van der Waals surface area (Å²) in [5.74, 6) is 1.86. The van der Waals surface area contributed by atoms with E-state index in [-0.39, 0.29) is 16.8 Å². The maximum Gasteiger partial charge on any atom is 0.261 e. The van der Waals surface area contributed by atoms with Gasteiger partial charge < -0.3 is 5.11 Å². The minimum atomic E-state index is -1.50. The number of Topliss-reactive ketones (excluding diaryl/α,β-unsaturated/α-hetero) is 2. The van der Waals surface area contributed by atoms with Crippen molar-refractivity contribution in [3.05, 3.63) is 69.6 Å². The number of aryl methyl sites for hydroxylation is 1. The third kappa shape index (κ3) is 2.90. The first kappa shape index (κ1) is 24.7. The SMILES string of the molecule is CC12Cc3c(-c4ccccc4)c4cc5c(cc4c(=O)n3C1(O)CCCC2=O)CC[C@@H]1[C@@H]5CC[C@]2(C)C(=O)CC[C@@H]12. The summed E-state index contributed by atoms with van der Waals surface area (Å²) in [5, 5.41) is 13.7. The highest BCUT2D eigenvalue weighted by Gasteiger charge is 2.61. The molecular formula is C35H37NO4. The lowest BCUT2D eigenvalue weighted by molar-refractivity contribution is -0.171. The molecule has 2 heterocycles. The van der Waals surface area contributed by atoms with Crippen LogP contribution in [0, 0.1) is 22.7 Å². The van der Waals surface area contributed by atoms with E-state index in [4.69, 9.17) is 0 Å². The van der Waals surface area contributed by atoms with Gasteiger partial charge in [-0.05, 0) is 104 Å². The molecule has 2 unspecified atom stereocenters. The maximum absolute atomic E-state index is 14.4. The van der Waals surface area contributed by atoms with E-state index in [0.29, 0.717) is 54.6 Å². The molecule has 0 spiro atoms. The van der Waals surface area contributed by atoms with E-state index in [2.05, 4.69) is 31.2 Å². The molecule has 0 radical (unpaired) electrons. The first-order valence-electron chi connectivity index (χ1n) is 15.3. The molecule has 3 saturated carbocycles. The lowest BCUT2D eigenvalue weighted by Gasteiger charge is -2.48. The minimum Gasteiger partial charge on any atom is -0.369 e. The molecule has 6 atom stereocenters. The van der Waals surface area contributed by atoms with E-state index in [9.17, 15) is 19.5 Å². The number of benzene rings is 2. The van der Waals surface area contributed by atoms with Crippen LogP contribution in [0.5, 0.6) is 0 Å². The van der Waals surface area contributed by atoms with Gasteiger partial charge in [0.05, 0.1) is 5.41 Å². The highest BCUT2D eigenvalue weighted by molar-refractivity contribution is 5.99. The number of ketones is 2. The number of aliphatic hydroxyl groups is 1. The molecule has 5 nitrogen and oxygen atoms in total. The Morgan fingerprint density at radius 3 is 2.48 bits per heavy atom. The summed E-state index contributed by atoms with van der Waals surface area (Å²) in [4.78, 5) is 40.6. The second-order valence-electron chi connectivity index (χ2n) is 13.9. The lowest BCUT2D eigenvalue weighted by atomic mass is 9.55. The summed E-state index contributed by atoms with van der Waals surface area (Å²) >= 11 is 0. The van der Waals surface area contributed by atoms with Crippen molar-refractivity contribution in [3.63, 3.8) is 0 Å². The largest absolute Gasteiger partial charge is 0.369 e. The zero-order valence-corrected chi connectivity index (χ0v) is 23.5. The number of carbonyl (C=O) groups is 2. The van der Waals surface area contributed by atoms with Crippen LogP contribution in [-0.4, -0.2) is 21.2 Å². The zero-order valence-electron chi connectivity index (χ0n) is 23.5. The van der Waals surface area contributed by atoms with Gasteiger partial charge in [0.25, 0.3) is 5.56 Å². The van der Waals surface area contributed by atoms with Gasteiger partial charge in [-0.3, -0.25) is 19.0 Å². The highest BCUT2D eigenvalue weighted by atomic mass is 16.3. The smallest absolute Gasteiger partial charge is 0.261 e. The molecule has 40 heavy (non-hydrogen) atoms. The number of pyridine rings is 1. The van der Waals surface area contributed by atoms with E-state index in [1.54, 1.807) is 4.57 Å². The summed E-state index contributed by atoms with van der Waals surface area (Å²) in [6.07, 6.45) is 7.47. The van der Waals surface area contributed by atoms with E-state index in [1.807, 2.05) is 25.1 Å². The van der Waals surface area contributed by atoms with Gasteiger partial charge in [0.1, 0.15) is 11.6 Å². The third-order valence-corrected chi connectivity index (χ3v) is 12.2. The highest BCUT2D eigenvalue weighted by Crippen LogP contribution is 2.60. The van der Waals surface area contributed by atoms with E-state index >= 15 is 0 Å². The predicted octanol–water partition coefficient (Wildman–Crippen LogP) is 6.05.